The molecule has 1 aliphatic rings. The zero-order valence-electron chi connectivity index (χ0n) is 21.1. The molecule has 5 rings (SSSR count). The van der Waals surface area contributed by atoms with Gasteiger partial charge in [0.15, 0.2) is 11.0 Å². The fraction of sp³-hybridized carbons (Fsp3) is 0.222. The number of nitrogens with zero attached hydrogens (tertiary/aromatic N) is 4. The Morgan fingerprint density at radius 1 is 1.03 bits per heavy atom. The van der Waals surface area contributed by atoms with Crippen molar-refractivity contribution >= 4 is 45.0 Å². The van der Waals surface area contributed by atoms with Crippen molar-refractivity contribution < 1.29 is 17.9 Å². The highest BCUT2D eigenvalue weighted by atomic mass is 35.5. The number of carbonyl (C=O) groups excluding carboxylic acids is 1. The number of hydrogen-bond donors (Lipinski definition) is 1. The number of benzene rings is 3. The summed E-state index contributed by atoms with van der Waals surface area (Å²) in [5, 5.41) is 12.5. The third-order valence-electron chi connectivity index (χ3n) is 6.21. The lowest BCUT2D eigenvalue weighted by Crippen LogP contribution is -2.27. The number of amides is 1. The number of methoxy groups -OCH3 is 1. The predicted octanol–water partition coefficient (Wildman–Crippen LogP) is 5.11. The van der Waals surface area contributed by atoms with E-state index in [2.05, 4.69) is 15.5 Å². The summed E-state index contributed by atoms with van der Waals surface area (Å²) in [5.41, 5.74) is 1.94. The smallest absolute Gasteiger partial charge is 0.243 e. The zero-order valence-corrected chi connectivity index (χ0v) is 23.5. The van der Waals surface area contributed by atoms with Crippen molar-refractivity contribution in [3.63, 3.8) is 0 Å². The highest BCUT2D eigenvalue weighted by molar-refractivity contribution is 7.99. The normalized spacial score (nSPS) is 13.9. The summed E-state index contributed by atoms with van der Waals surface area (Å²) in [6, 6.07) is 21.3. The molecule has 0 saturated carbocycles. The van der Waals surface area contributed by atoms with Gasteiger partial charge in [0.2, 0.25) is 15.9 Å². The topological polar surface area (TPSA) is 106 Å². The molecule has 1 fully saturated rings. The summed E-state index contributed by atoms with van der Waals surface area (Å²) in [7, 11) is -2.07. The summed E-state index contributed by atoms with van der Waals surface area (Å²) in [6.07, 6.45) is 1.72. The molecule has 3 aromatic carbocycles. The van der Waals surface area contributed by atoms with E-state index in [9.17, 15) is 13.2 Å². The van der Waals surface area contributed by atoms with Gasteiger partial charge in [-0.3, -0.25) is 9.36 Å². The van der Waals surface area contributed by atoms with Gasteiger partial charge in [0.05, 0.1) is 22.8 Å². The van der Waals surface area contributed by atoms with Crippen LogP contribution in [0.15, 0.2) is 82.8 Å². The number of rotatable bonds is 9. The maximum absolute atomic E-state index is 13.2. The number of sulfonamides is 1. The van der Waals surface area contributed by atoms with Crippen LogP contribution >= 0.6 is 23.4 Å². The van der Waals surface area contributed by atoms with Crippen molar-refractivity contribution in [2.75, 3.05) is 31.3 Å². The van der Waals surface area contributed by atoms with Crippen LogP contribution < -0.4 is 10.1 Å². The van der Waals surface area contributed by atoms with Crippen LogP contribution in [0.4, 0.5) is 5.69 Å². The Morgan fingerprint density at radius 2 is 1.79 bits per heavy atom. The van der Waals surface area contributed by atoms with Crippen LogP contribution in [-0.2, 0) is 14.8 Å². The van der Waals surface area contributed by atoms with E-state index in [0.29, 0.717) is 46.1 Å². The predicted molar refractivity (Wildman–Crippen MR) is 152 cm³/mol. The highest BCUT2D eigenvalue weighted by Gasteiger charge is 2.28. The lowest BCUT2D eigenvalue weighted by atomic mass is 10.2. The number of halogens is 1. The number of aromatic nitrogens is 3. The second-order valence-corrected chi connectivity index (χ2v) is 12.1. The number of hydrogen-bond acceptors (Lipinski definition) is 7. The molecule has 4 aromatic rings. The van der Waals surface area contributed by atoms with Crippen LogP contribution in [0.5, 0.6) is 5.75 Å². The van der Waals surface area contributed by atoms with Gasteiger partial charge in [0, 0.05) is 30.0 Å². The molecule has 1 aliphatic heterocycles. The van der Waals surface area contributed by atoms with E-state index in [4.69, 9.17) is 16.3 Å². The van der Waals surface area contributed by atoms with Crippen molar-refractivity contribution in [2.45, 2.75) is 22.9 Å². The third-order valence-corrected chi connectivity index (χ3v) is 9.33. The first-order chi connectivity index (χ1) is 18.9. The van der Waals surface area contributed by atoms with Crippen LogP contribution in [0.2, 0.25) is 5.02 Å². The summed E-state index contributed by atoms with van der Waals surface area (Å²) < 4.78 is 34.9. The summed E-state index contributed by atoms with van der Waals surface area (Å²) in [5.74, 6) is 0.816. The Kier molecular flexibility index (Phi) is 8.22. The molecule has 0 spiro atoms. The van der Waals surface area contributed by atoms with Gasteiger partial charge in [0.25, 0.3) is 0 Å². The van der Waals surface area contributed by atoms with Gasteiger partial charge in [-0.25, -0.2) is 8.42 Å². The molecule has 1 N–H and O–H groups in total. The van der Waals surface area contributed by atoms with Crippen molar-refractivity contribution in [3.8, 4) is 22.8 Å². The van der Waals surface area contributed by atoms with Crippen LogP contribution in [0.1, 0.15) is 12.8 Å². The summed E-state index contributed by atoms with van der Waals surface area (Å²) in [6.45, 7) is 1.05. The molecule has 0 aliphatic carbocycles. The number of para-hydroxylation sites is 1. The van der Waals surface area contributed by atoms with E-state index in [0.717, 1.165) is 18.5 Å². The summed E-state index contributed by atoms with van der Waals surface area (Å²) >= 11 is 7.39. The number of thioether (sulfide) groups is 1. The van der Waals surface area contributed by atoms with Gasteiger partial charge in [-0.05, 0) is 55.3 Å². The van der Waals surface area contributed by atoms with Crippen molar-refractivity contribution in [1.29, 1.82) is 0 Å². The largest absolute Gasteiger partial charge is 0.495 e. The molecule has 0 radical (unpaired) electrons. The molecule has 0 atom stereocenters. The molecule has 12 heteroatoms. The molecule has 0 unspecified atom stereocenters. The second kappa shape index (κ2) is 11.8. The minimum atomic E-state index is -3.60. The maximum Gasteiger partial charge on any atom is 0.243 e. The Hall–Kier alpha value is -3.38. The molecule has 202 valence electrons. The molecule has 1 saturated heterocycles. The number of anilines is 1. The average Bonchev–Trinajstić information content (AvgIpc) is 3.64. The third kappa shape index (κ3) is 5.96. The van der Waals surface area contributed by atoms with Crippen LogP contribution in [0.25, 0.3) is 17.1 Å². The highest BCUT2D eigenvalue weighted by Crippen LogP contribution is 2.31. The molecule has 1 aromatic heterocycles. The molecular weight excluding hydrogens is 558 g/mol. The number of nitrogens with one attached hydrogen (secondary N) is 1. The van der Waals surface area contributed by atoms with E-state index in [-0.39, 0.29) is 16.6 Å². The molecule has 1 amide bonds. The van der Waals surface area contributed by atoms with E-state index in [1.807, 2.05) is 34.9 Å². The van der Waals surface area contributed by atoms with Crippen molar-refractivity contribution in [2.24, 2.45) is 0 Å². The fourth-order valence-corrected chi connectivity index (χ4v) is 6.88. The Bertz CT molecular complexity index is 1590. The first kappa shape index (κ1) is 27.2. The number of ether oxygens (including phenoxy) is 1. The minimum absolute atomic E-state index is 0.0675. The molecule has 0 bridgehead atoms. The van der Waals surface area contributed by atoms with E-state index < -0.39 is 10.0 Å². The van der Waals surface area contributed by atoms with Crippen molar-refractivity contribution in [3.05, 3.63) is 77.8 Å². The van der Waals surface area contributed by atoms with Crippen LogP contribution in [0.3, 0.4) is 0 Å². The van der Waals surface area contributed by atoms with E-state index >= 15 is 0 Å². The lowest BCUT2D eigenvalue weighted by molar-refractivity contribution is -0.113. The second-order valence-electron chi connectivity index (χ2n) is 8.80. The van der Waals surface area contributed by atoms with Gasteiger partial charge in [-0.1, -0.05) is 53.7 Å². The van der Waals surface area contributed by atoms with Crippen LogP contribution in [0, 0.1) is 0 Å². The lowest BCUT2D eigenvalue weighted by Gasteiger charge is -2.16. The number of carbonyl (C=O) groups is 1. The fourth-order valence-electron chi connectivity index (χ4n) is 4.30. The van der Waals surface area contributed by atoms with Crippen molar-refractivity contribution in [1.82, 2.24) is 19.1 Å². The maximum atomic E-state index is 13.2. The van der Waals surface area contributed by atoms with Gasteiger partial charge < -0.3 is 10.1 Å². The first-order valence-electron chi connectivity index (χ1n) is 12.2. The standard InChI is InChI=1S/C27H26ClN5O4S2/c1-37-24-13-12-20(17-23(24)28)29-25(34)18-38-27-31-30-26(33(27)21-9-3-2-4-10-21)19-8-7-11-22(16-19)39(35,36)32-14-5-6-15-32/h2-4,7-13,16-17H,5-6,14-15,18H2,1H3,(H,29,34). The monoisotopic (exact) mass is 583 g/mol. The zero-order chi connectivity index (χ0) is 27.4. The Morgan fingerprint density at radius 3 is 2.51 bits per heavy atom. The van der Waals surface area contributed by atoms with Gasteiger partial charge >= 0.3 is 0 Å². The SMILES string of the molecule is COc1ccc(NC(=O)CSc2nnc(-c3cccc(S(=O)(=O)N4CCCC4)c3)n2-c2ccccc2)cc1Cl. The minimum Gasteiger partial charge on any atom is -0.495 e. The van der Waals surface area contributed by atoms with E-state index in [1.54, 1.807) is 42.5 Å². The molecule has 9 nitrogen and oxygen atoms in total. The first-order valence-corrected chi connectivity index (χ1v) is 15.0. The van der Waals surface area contributed by atoms with Gasteiger partial charge in [0.1, 0.15) is 5.75 Å². The average molecular weight is 584 g/mol. The van der Waals surface area contributed by atoms with Gasteiger partial charge in [-0.2, -0.15) is 4.31 Å². The Labute approximate surface area is 236 Å². The van der Waals surface area contributed by atoms with Crippen LogP contribution in [-0.4, -0.2) is 59.3 Å². The van der Waals surface area contributed by atoms with Gasteiger partial charge in [-0.15, -0.1) is 10.2 Å². The Balaban J connectivity index is 1.41. The quantitative estimate of drug-likeness (QED) is 0.273. The summed E-state index contributed by atoms with van der Waals surface area (Å²) in [4.78, 5) is 12.9. The molecule has 39 heavy (non-hydrogen) atoms. The van der Waals surface area contributed by atoms with E-state index in [1.165, 1.54) is 23.2 Å². The molecule has 2 heterocycles. The molecular formula is C27H26ClN5O4S2.